The van der Waals surface area contributed by atoms with E-state index in [9.17, 15) is 18.8 Å². The number of carbonyl (C=O) groups is 3. The first-order chi connectivity index (χ1) is 10.4. The number of nitrogens with zero attached hydrogens (tertiary/aromatic N) is 1. The molecule has 1 aliphatic heterocycles. The van der Waals surface area contributed by atoms with Gasteiger partial charge >= 0.3 is 12.0 Å². The molecule has 3 N–H and O–H groups in total. The Morgan fingerprint density at radius 2 is 2.23 bits per heavy atom. The molecule has 1 saturated heterocycles. The maximum Gasteiger partial charge on any atom is 0.321 e. The minimum absolute atomic E-state index is 0.109. The summed E-state index contributed by atoms with van der Waals surface area (Å²) in [4.78, 5) is 35.7. The number of aliphatic carboxylic acids is 1. The van der Waals surface area contributed by atoms with Crippen LogP contribution in [0.25, 0.3) is 0 Å². The number of nitrogens with one attached hydrogen (secondary N) is 2. The lowest BCUT2D eigenvalue weighted by atomic mass is 10.1. The van der Waals surface area contributed by atoms with Gasteiger partial charge in [-0.15, -0.1) is 0 Å². The molecule has 2 rings (SSSR count). The standard InChI is InChI=1S/C14H16FN3O4/c1-8(13(20)21)7-17-12(19)10-6-9(2-3-11(10)15)18-5-4-16-14(18)22/h2-3,6,8H,4-5,7H2,1H3,(H,16,22)(H,17,19)(H,20,21). The van der Waals surface area contributed by atoms with E-state index in [0.717, 1.165) is 6.07 Å². The molecule has 0 aliphatic carbocycles. The van der Waals surface area contributed by atoms with Crippen LogP contribution < -0.4 is 15.5 Å². The molecule has 0 aromatic heterocycles. The van der Waals surface area contributed by atoms with Crippen LogP contribution in [0.2, 0.25) is 0 Å². The van der Waals surface area contributed by atoms with Crippen molar-refractivity contribution in [2.45, 2.75) is 6.92 Å². The predicted molar refractivity (Wildman–Crippen MR) is 76.3 cm³/mol. The summed E-state index contributed by atoms with van der Waals surface area (Å²) in [5.74, 6) is -3.28. The summed E-state index contributed by atoms with van der Waals surface area (Å²) in [7, 11) is 0. The van der Waals surface area contributed by atoms with E-state index in [1.54, 1.807) is 0 Å². The summed E-state index contributed by atoms with van der Waals surface area (Å²) in [6.07, 6.45) is 0. The molecule has 118 valence electrons. The fourth-order valence-electron chi connectivity index (χ4n) is 2.00. The molecule has 1 unspecified atom stereocenters. The molecule has 1 atom stereocenters. The number of carbonyl (C=O) groups excluding carboxylic acids is 2. The lowest BCUT2D eigenvalue weighted by molar-refractivity contribution is -0.140. The van der Waals surface area contributed by atoms with E-state index in [2.05, 4.69) is 10.6 Å². The van der Waals surface area contributed by atoms with Gasteiger partial charge in [-0.2, -0.15) is 0 Å². The molecule has 1 aromatic rings. The SMILES string of the molecule is CC(CNC(=O)c1cc(N2CCNC2=O)ccc1F)C(=O)O. The first kappa shape index (κ1) is 15.7. The van der Waals surface area contributed by atoms with Crippen LogP contribution in [-0.4, -0.2) is 42.6 Å². The lowest BCUT2D eigenvalue weighted by Crippen LogP contribution is -2.32. The Bertz CT molecular complexity index is 620. The Kier molecular flexibility index (Phi) is 4.59. The van der Waals surface area contributed by atoms with E-state index in [0.29, 0.717) is 18.8 Å². The quantitative estimate of drug-likeness (QED) is 0.749. The highest BCUT2D eigenvalue weighted by Crippen LogP contribution is 2.20. The zero-order valence-corrected chi connectivity index (χ0v) is 11.9. The average molecular weight is 309 g/mol. The van der Waals surface area contributed by atoms with Crippen LogP contribution in [0.3, 0.4) is 0 Å². The van der Waals surface area contributed by atoms with Crippen molar-refractivity contribution in [3.8, 4) is 0 Å². The smallest absolute Gasteiger partial charge is 0.321 e. The van der Waals surface area contributed by atoms with Crippen molar-refractivity contribution in [1.29, 1.82) is 0 Å². The molecule has 8 heteroatoms. The van der Waals surface area contributed by atoms with Crippen LogP contribution in [-0.2, 0) is 4.79 Å². The molecule has 1 fully saturated rings. The lowest BCUT2D eigenvalue weighted by Gasteiger charge is -2.16. The number of rotatable bonds is 5. The summed E-state index contributed by atoms with van der Waals surface area (Å²) < 4.78 is 13.8. The van der Waals surface area contributed by atoms with Gasteiger partial charge in [0.2, 0.25) is 0 Å². The predicted octanol–water partition coefficient (Wildman–Crippen LogP) is 0.806. The van der Waals surface area contributed by atoms with Crippen LogP contribution in [0.1, 0.15) is 17.3 Å². The fourth-order valence-corrected chi connectivity index (χ4v) is 2.00. The largest absolute Gasteiger partial charge is 0.481 e. The highest BCUT2D eigenvalue weighted by molar-refractivity contribution is 5.98. The Morgan fingerprint density at radius 3 is 2.82 bits per heavy atom. The Morgan fingerprint density at radius 1 is 1.50 bits per heavy atom. The van der Waals surface area contributed by atoms with Gasteiger partial charge in [-0.1, -0.05) is 6.92 Å². The van der Waals surface area contributed by atoms with Crippen LogP contribution >= 0.6 is 0 Å². The number of carboxylic acids is 1. The highest BCUT2D eigenvalue weighted by atomic mass is 19.1. The Balaban J connectivity index is 2.14. The topological polar surface area (TPSA) is 98.7 Å². The third kappa shape index (κ3) is 3.33. The first-order valence-electron chi connectivity index (χ1n) is 6.76. The zero-order valence-electron chi connectivity index (χ0n) is 11.9. The van der Waals surface area contributed by atoms with Gasteiger partial charge in [-0.05, 0) is 18.2 Å². The maximum absolute atomic E-state index is 13.8. The van der Waals surface area contributed by atoms with Crippen molar-refractivity contribution in [1.82, 2.24) is 10.6 Å². The van der Waals surface area contributed by atoms with Gasteiger partial charge < -0.3 is 15.7 Å². The van der Waals surface area contributed by atoms with Gasteiger partial charge in [0.15, 0.2) is 0 Å². The molecule has 1 aromatic carbocycles. The van der Waals surface area contributed by atoms with Gasteiger partial charge in [0.1, 0.15) is 5.82 Å². The van der Waals surface area contributed by atoms with Crippen molar-refractivity contribution in [3.63, 3.8) is 0 Å². The minimum Gasteiger partial charge on any atom is -0.481 e. The Hall–Kier alpha value is -2.64. The molecule has 0 saturated carbocycles. The van der Waals surface area contributed by atoms with Gasteiger partial charge in [0, 0.05) is 25.3 Å². The average Bonchev–Trinajstić information content (AvgIpc) is 2.91. The molecule has 3 amide bonds. The van der Waals surface area contributed by atoms with E-state index >= 15 is 0 Å². The second-order valence-electron chi connectivity index (χ2n) is 5.00. The van der Waals surface area contributed by atoms with Gasteiger partial charge in [0.25, 0.3) is 5.91 Å². The summed E-state index contributed by atoms with van der Waals surface area (Å²) in [5, 5.41) is 13.7. The van der Waals surface area contributed by atoms with E-state index in [1.807, 2.05) is 0 Å². The zero-order chi connectivity index (χ0) is 16.3. The van der Waals surface area contributed by atoms with Crippen molar-refractivity contribution in [2.75, 3.05) is 24.5 Å². The summed E-state index contributed by atoms with van der Waals surface area (Å²) in [6, 6.07) is 3.49. The van der Waals surface area contributed by atoms with E-state index < -0.39 is 23.6 Å². The Labute approximate surface area is 126 Å². The van der Waals surface area contributed by atoms with Crippen molar-refractivity contribution in [3.05, 3.63) is 29.6 Å². The van der Waals surface area contributed by atoms with E-state index in [4.69, 9.17) is 5.11 Å². The van der Waals surface area contributed by atoms with E-state index in [1.165, 1.54) is 24.0 Å². The van der Waals surface area contributed by atoms with Crippen molar-refractivity contribution < 1.29 is 23.9 Å². The monoisotopic (exact) mass is 309 g/mol. The molecular formula is C14H16FN3O4. The molecule has 1 aliphatic rings. The molecule has 0 radical (unpaired) electrons. The third-order valence-electron chi connectivity index (χ3n) is 3.35. The third-order valence-corrected chi connectivity index (χ3v) is 3.35. The molecular weight excluding hydrogens is 293 g/mol. The minimum atomic E-state index is -1.05. The van der Waals surface area contributed by atoms with Gasteiger partial charge in [0.05, 0.1) is 11.5 Å². The second kappa shape index (κ2) is 6.42. The first-order valence-corrected chi connectivity index (χ1v) is 6.76. The molecule has 0 spiro atoms. The van der Waals surface area contributed by atoms with Crippen LogP contribution in [0, 0.1) is 11.7 Å². The number of halogens is 1. The number of carboxylic acid groups (broad SMARTS) is 1. The molecule has 0 bridgehead atoms. The molecule has 1 heterocycles. The van der Waals surface area contributed by atoms with Crippen molar-refractivity contribution in [2.24, 2.45) is 5.92 Å². The number of amides is 3. The summed E-state index contributed by atoms with van der Waals surface area (Å²) in [6.45, 7) is 2.24. The summed E-state index contributed by atoms with van der Waals surface area (Å²) >= 11 is 0. The number of benzene rings is 1. The van der Waals surface area contributed by atoms with Crippen LogP contribution in [0.15, 0.2) is 18.2 Å². The number of hydrogen-bond acceptors (Lipinski definition) is 3. The van der Waals surface area contributed by atoms with Crippen LogP contribution in [0.5, 0.6) is 0 Å². The van der Waals surface area contributed by atoms with E-state index in [-0.39, 0.29) is 18.1 Å². The number of anilines is 1. The second-order valence-corrected chi connectivity index (χ2v) is 5.00. The van der Waals surface area contributed by atoms with Crippen molar-refractivity contribution >= 4 is 23.6 Å². The highest BCUT2D eigenvalue weighted by Gasteiger charge is 2.23. The van der Waals surface area contributed by atoms with Gasteiger partial charge in [-0.25, -0.2) is 9.18 Å². The molecule has 22 heavy (non-hydrogen) atoms. The summed E-state index contributed by atoms with van der Waals surface area (Å²) in [5.41, 5.74) is 0.183. The molecule has 7 nitrogen and oxygen atoms in total. The normalized spacial score (nSPS) is 15.4. The van der Waals surface area contributed by atoms with Gasteiger partial charge in [-0.3, -0.25) is 14.5 Å². The fraction of sp³-hybridized carbons (Fsp3) is 0.357. The maximum atomic E-state index is 13.8. The van der Waals surface area contributed by atoms with Crippen LogP contribution in [0.4, 0.5) is 14.9 Å². The number of urea groups is 1. The number of hydrogen-bond donors (Lipinski definition) is 3.